The van der Waals surface area contributed by atoms with Crippen LogP contribution in [-0.2, 0) is 11.3 Å². The molecule has 1 aliphatic rings. The first-order valence-corrected chi connectivity index (χ1v) is 8.05. The van der Waals surface area contributed by atoms with Crippen molar-refractivity contribution in [1.82, 2.24) is 15.2 Å². The van der Waals surface area contributed by atoms with E-state index >= 15 is 0 Å². The molecule has 2 aromatic rings. The van der Waals surface area contributed by atoms with Crippen molar-refractivity contribution in [2.24, 2.45) is 0 Å². The fourth-order valence-electron chi connectivity index (χ4n) is 2.69. The van der Waals surface area contributed by atoms with Crippen LogP contribution in [0.4, 0.5) is 9.18 Å². The number of morpholine rings is 1. The molecule has 1 aromatic carbocycles. The highest BCUT2D eigenvalue weighted by Gasteiger charge is 2.25. The number of nitrogens with one attached hydrogen (secondary N) is 1. The summed E-state index contributed by atoms with van der Waals surface area (Å²) >= 11 is 0. The normalized spacial score (nSPS) is 17.2. The molecule has 1 saturated heterocycles. The Kier molecular flexibility index (Phi) is 5.45. The van der Waals surface area contributed by atoms with Gasteiger partial charge in [-0.3, -0.25) is 0 Å². The predicted octanol–water partition coefficient (Wildman–Crippen LogP) is 2.51. The Labute approximate surface area is 145 Å². The molecule has 25 heavy (non-hydrogen) atoms. The van der Waals surface area contributed by atoms with E-state index in [9.17, 15) is 9.18 Å². The number of urea groups is 1. The minimum absolute atomic E-state index is 0.200. The zero-order valence-corrected chi connectivity index (χ0v) is 13.9. The fraction of sp³-hybridized carbons (Fsp3) is 0.333. The van der Waals surface area contributed by atoms with Gasteiger partial charge in [0.25, 0.3) is 0 Å². The van der Waals surface area contributed by atoms with Crippen LogP contribution in [0, 0.1) is 5.82 Å². The number of methoxy groups -OCH3 is 1. The number of aromatic nitrogens is 1. The summed E-state index contributed by atoms with van der Waals surface area (Å²) < 4.78 is 24.1. The maximum atomic E-state index is 13.4. The Morgan fingerprint density at radius 2 is 2.24 bits per heavy atom. The quantitative estimate of drug-likeness (QED) is 0.925. The Morgan fingerprint density at radius 3 is 3.04 bits per heavy atom. The number of hydrogen-bond donors (Lipinski definition) is 1. The van der Waals surface area contributed by atoms with Gasteiger partial charge in [0.05, 0.1) is 32.5 Å². The second-order valence-corrected chi connectivity index (χ2v) is 5.69. The number of amides is 2. The minimum atomic E-state index is -0.329. The van der Waals surface area contributed by atoms with E-state index in [0.29, 0.717) is 37.8 Å². The van der Waals surface area contributed by atoms with Gasteiger partial charge in [-0.05, 0) is 23.8 Å². The number of pyridine rings is 1. The standard InChI is InChI=1S/C18H20FN3O3/c1-24-17-7-3-6-15(21-17)11-20-18(23)22-8-9-25-16(12-22)13-4-2-5-14(19)10-13/h2-7,10,16H,8-9,11-12H2,1H3,(H,20,23)/t16-/m0/s1. The Bertz CT molecular complexity index is 741. The van der Waals surface area contributed by atoms with Crippen LogP contribution in [0.1, 0.15) is 17.4 Å². The van der Waals surface area contributed by atoms with Gasteiger partial charge in [-0.2, -0.15) is 0 Å². The molecule has 0 unspecified atom stereocenters. The van der Waals surface area contributed by atoms with E-state index in [0.717, 1.165) is 5.56 Å². The summed E-state index contributed by atoms with van der Waals surface area (Å²) in [5.41, 5.74) is 1.44. The number of carbonyl (C=O) groups excluding carboxylic acids is 1. The Morgan fingerprint density at radius 1 is 1.40 bits per heavy atom. The van der Waals surface area contributed by atoms with Gasteiger partial charge in [0, 0.05) is 12.6 Å². The highest BCUT2D eigenvalue weighted by molar-refractivity contribution is 5.74. The van der Waals surface area contributed by atoms with E-state index in [-0.39, 0.29) is 18.0 Å². The van der Waals surface area contributed by atoms with E-state index in [1.165, 1.54) is 12.1 Å². The molecule has 1 aromatic heterocycles. The first-order chi connectivity index (χ1) is 12.2. The number of benzene rings is 1. The number of halogens is 1. The molecule has 0 aliphatic carbocycles. The zero-order valence-electron chi connectivity index (χ0n) is 13.9. The van der Waals surface area contributed by atoms with Crippen molar-refractivity contribution in [3.05, 3.63) is 59.5 Å². The van der Waals surface area contributed by atoms with Crippen molar-refractivity contribution in [2.45, 2.75) is 12.6 Å². The lowest BCUT2D eigenvalue weighted by atomic mass is 10.1. The molecule has 1 aliphatic heterocycles. The van der Waals surface area contributed by atoms with E-state index in [1.54, 1.807) is 30.2 Å². The highest BCUT2D eigenvalue weighted by atomic mass is 19.1. The van der Waals surface area contributed by atoms with Gasteiger partial charge in [-0.25, -0.2) is 14.2 Å². The maximum absolute atomic E-state index is 13.4. The van der Waals surface area contributed by atoms with Crippen LogP contribution < -0.4 is 10.1 Å². The molecule has 6 nitrogen and oxygen atoms in total. The van der Waals surface area contributed by atoms with Crippen LogP contribution in [0.25, 0.3) is 0 Å². The average Bonchev–Trinajstić information content (AvgIpc) is 2.66. The highest BCUT2D eigenvalue weighted by Crippen LogP contribution is 2.22. The van der Waals surface area contributed by atoms with E-state index in [1.807, 2.05) is 12.1 Å². The van der Waals surface area contributed by atoms with Gasteiger partial charge < -0.3 is 19.7 Å². The molecular weight excluding hydrogens is 325 g/mol. The number of rotatable bonds is 4. The molecule has 132 valence electrons. The molecule has 0 saturated carbocycles. The topological polar surface area (TPSA) is 63.7 Å². The minimum Gasteiger partial charge on any atom is -0.481 e. The molecule has 0 radical (unpaired) electrons. The lowest BCUT2D eigenvalue weighted by molar-refractivity contribution is -0.0156. The summed E-state index contributed by atoms with van der Waals surface area (Å²) in [7, 11) is 1.55. The molecule has 1 N–H and O–H groups in total. The summed E-state index contributed by atoms with van der Waals surface area (Å²) in [5.74, 6) is 0.191. The summed E-state index contributed by atoms with van der Waals surface area (Å²) in [5, 5.41) is 2.84. The molecular formula is C18H20FN3O3. The van der Waals surface area contributed by atoms with Gasteiger partial charge in [0.15, 0.2) is 0 Å². The fourth-order valence-corrected chi connectivity index (χ4v) is 2.69. The van der Waals surface area contributed by atoms with Crippen molar-refractivity contribution in [3.8, 4) is 5.88 Å². The Balaban J connectivity index is 1.58. The predicted molar refractivity (Wildman–Crippen MR) is 89.7 cm³/mol. The van der Waals surface area contributed by atoms with Crippen LogP contribution in [0.15, 0.2) is 42.5 Å². The lowest BCUT2D eigenvalue weighted by Gasteiger charge is -2.33. The van der Waals surface area contributed by atoms with Crippen LogP contribution in [-0.4, -0.2) is 42.7 Å². The van der Waals surface area contributed by atoms with Gasteiger partial charge in [0.1, 0.15) is 11.9 Å². The van der Waals surface area contributed by atoms with Gasteiger partial charge in [-0.15, -0.1) is 0 Å². The van der Waals surface area contributed by atoms with E-state index in [2.05, 4.69) is 10.3 Å². The summed E-state index contributed by atoms with van der Waals surface area (Å²) in [6, 6.07) is 11.5. The maximum Gasteiger partial charge on any atom is 0.317 e. The van der Waals surface area contributed by atoms with Crippen molar-refractivity contribution in [2.75, 3.05) is 26.8 Å². The van der Waals surface area contributed by atoms with Gasteiger partial charge in [0.2, 0.25) is 5.88 Å². The number of carbonyl (C=O) groups is 1. The molecule has 0 bridgehead atoms. The summed E-state index contributed by atoms with van der Waals surface area (Å²) in [4.78, 5) is 18.3. The van der Waals surface area contributed by atoms with Crippen LogP contribution in [0.2, 0.25) is 0 Å². The second-order valence-electron chi connectivity index (χ2n) is 5.69. The third-order valence-corrected chi connectivity index (χ3v) is 3.99. The van der Waals surface area contributed by atoms with Crippen molar-refractivity contribution < 1.29 is 18.7 Å². The third-order valence-electron chi connectivity index (χ3n) is 3.99. The molecule has 1 atom stereocenters. The monoisotopic (exact) mass is 345 g/mol. The van der Waals surface area contributed by atoms with Gasteiger partial charge in [-0.1, -0.05) is 18.2 Å². The van der Waals surface area contributed by atoms with Crippen molar-refractivity contribution >= 4 is 6.03 Å². The number of nitrogens with zero attached hydrogens (tertiary/aromatic N) is 2. The van der Waals surface area contributed by atoms with Crippen LogP contribution >= 0.6 is 0 Å². The van der Waals surface area contributed by atoms with E-state index in [4.69, 9.17) is 9.47 Å². The molecule has 0 spiro atoms. The first kappa shape index (κ1) is 17.2. The summed E-state index contributed by atoms with van der Waals surface area (Å²) in [6.07, 6.45) is -0.329. The largest absolute Gasteiger partial charge is 0.481 e. The van der Waals surface area contributed by atoms with Crippen LogP contribution in [0.5, 0.6) is 5.88 Å². The van der Waals surface area contributed by atoms with Crippen LogP contribution in [0.3, 0.4) is 0 Å². The van der Waals surface area contributed by atoms with Crippen molar-refractivity contribution in [1.29, 1.82) is 0 Å². The molecule has 2 heterocycles. The van der Waals surface area contributed by atoms with E-state index < -0.39 is 0 Å². The smallest absolute Gasteiger partial charge is 0.317 e. The molecule has 2 amide bonds. The number of hydrogen-bond acceptors (Lipinski definition) is 4. The molecule has 7 heteroatoms. The molecule has 1 fully saturated rings. The molecule has 3 rings (SSSR count). The summed E-state index contributed by atoms with van der Waals surface area (Å²) in [6.45, 7) is 1.58. The van der Waals surface area contributed by atoms with Crippen molar-refractivity contribution in [3.63, 3.8) is 0 Å². The first-order valence-electron chi connectivity index (χ1n) is 8.05. The SMILES string of the molecule is COc1cccc(CNC(=O)N2CCO[C@H](c3cccc(F)c3)C2)n1. The second kappa shape index (κ2) is 7.94. The number of ether oxygens (including phenoxy) is 2. The van der Waals surface area contributed by atoms with Gasteiger partial charge >= 0.3 is 6.03 Å². The average molecular weight is 345 g/mol. The third kappa shape index (κ3) is 4.45. The Hall–Kier alpha value is -2.67. The zero-order chi connectivity index (χ0) is 17.6. The lowest BCUT2D eigenvalue weighted by Crippen LogP contribution is -2.47.